The number of imidazole rings is 1. The van der Waals surface area contributed by atoms with E-state index >= 15 is 0 Å². The quantitative estimate of drug-likeness (QED) is 0.906. The fourth-order valence-electron chi connectivity index (χ4n) is 1.84. The molecule has 0 saturated carbocycles. The van der Waals surface area contributed by atoms with Gasteiger partial charge in [0.05, 0.1) is 12.5 Å². The summed E-state index contributed by atoms with van der Waals surface area (Å²) >= 11 is 0. The van der Waals surface area contributed by atoms with E-state index < -0.39 is 0 Å². The first-order valence-corrected chi connectivity index (χ1v) is 6.23. The van der Waals surface area contributed by atoms with Crippen LogP contribution in [-0.4, -0.2) is 15.0 Å². The van der Waals surface area contributed by atoms with Crippen molar-refractivity contribution in [1.82, 2.24) is 15.0 Å². The molecule has 0 aliphatic carbocycles. The van der Waals surface area contributed by atoms with Crippen LogP contribution in [0.3, 0.4) is 0 Å². The normalized spacial score (nSPS) is 12.9. The number of aromatic nitrogens is 3. The van der Waals surface area contributed by atoms with Gasteiger partial charge in [-0.15, -0.1) is 0 Å². The number of hydrogen-bond acceptors (Lipinski definition) is 3. The highest BCUT2D eigenvalue weighted by atomic mass is 16.4. The van der Waals surface area contributed by atoms with Crippen molar-refractivity contribution in [3.8, 4) is 0 Å². The number of nitrogens with zero attached hydrogens (tertiary/aromatic N) is 2. The minimum Gasteiger partial charge on any atom is -0.445 e. The van der Waals surface area contributed by atoms with Crippen molar-refractivity contribution in [2.24, 2.45) is 0 Å². The van der Waals surface area contributed by atoms with Crippen LogP contribution in [0.15, 0.2) is 23.1 Å². The number of hydrogen-bond donors (Lipinski definition) is 1. The molecule has 2 heterocycles. The van der Waals surface area contributed by atoms with E-state index in [9.17, 15) is 0 Å². The minimum absolute atomic E-state index is 0.00335. The van der Waals surface area contributed by atoms with Crippen LogP contribution >= 0.6 is 0 Å². The van der Waals surface area contributed by atoms with Gasteiger partial charge >= 0.3 is 0 Å². The van der Waals surface area contributed by atoms with E-state index in [0.717, 1.165) is 23.8 Å². The van der Waals surface area contributed by atoms with E-state index in [-0.39, 0.29) is 10.8 Å². The predicted octanol–water partition coefficient (Wildman–Crippen LogP) is 3.22. The number of H-pyrrole nitrogens is 1. The topological polar surface area (TPSA) is 54.7 Å². The lowest BCUT2D eigenvalue weighted by atomic mass is 9.86. The van der Waals surface area contributed by atoms with Crippen LogP contribution in [0.4, 0.5) is 0 Å². The summed E-state index contributed by atoms with van der Waals surface area (Å²) in [6, 6.07) is 0. The van der Waals surface area contributed by atoms with Gasteiger partial charge in [0.1, 0.15) is 5.76 Å². The Hall–Kier alpha value is -1.58. The third kappa shape index (κ3) is 2.63. The Bertz CT molecular complexity index is 503. The zero-order valence-corrected chi connectivity index (χ0v) is 11.7. The monoisotopic (exact) mass is 247 g/mol. The molecule has 0 spiro atoms. The fourth-order valence-corrected chi connectivity index (χ4v) is 1.84. The molecular weight excluding hydrogens is 226 g/mol. The number of aromatic amines is 1. The maximum Gasteiger partial charge on any atom is 0.195 e. The van der Waals surface area contributed by atoms with E-state index in [1.165, 1.54) is 0 Å². The largest absolute Gasteiger partial charge is 0.445 e. The van der Waals surface area contributed by atoms with Crippen molar-refractivity contribution < 1.29 is 4.42 Å². The molecule has 2 aromatic rings. The van der Waals surface area contributed by atoms with Gasteiger partial charge in [-0.2, -0.15) is 0 Å². The Morgan fingerprint density at radius 1 is 1.17 bits per heavy atom. The summed E-state index contributed by atoms with van der Waals surface area (Å²) < 4.78 is 5.84. The molecule has 2 rings (SSSR count). The highest BCUT2D eigenvalue weighted by Gasteiger charge is 2.26. The van der Waals surface area contributed by atoms with Gasteiger partial charge in [0.15, 0.2) is 5.89 Å². The summed E-state index contributed by atoms with van der Waals surface area (Å²) in [6.07, 6.45) is 6.14. The first-order chi connectivity index (χ1) is 8.29. The zero-order valence-electron chi connectivity index (χ0n) is 11.7. The maximum atomic E-state index is 5.84. The lowest BCUT2D eigenvalue weighted by molar-refractivity contribution is 0.355. The first-order valence-electron chi connectivity index (χ1n) is 6.23. The molecule has 0 atom stereocenters. The second-order valence-corrected chi connectivity index (χ2v) is 6.39. The molecule has 0 bridgehead atoms. The van der Waals surface area contributed by atoms with Gasteiger partial charge in [-0.1, -0.05) is 34.6 Å². The van der Waals surface area contributed by atoms with Crippen LogP contribution in [0.1, 0.15) is 52.0 Å². The summed E-state index contributed by atoms with van der Waals surface area (Å²) in [6.45, 7) is 10.7. The molecule has 0 aliphatic heterocycles. The van der Waals surface area contributed by atoms with Crippen molar-refractivity contribution in [2.45, 2.75) is 51.9 Å². The Kier molecular flexibility index (Phi) is 3.05. The summed E-state index contributed by atoms with van der Waals surface area (Å²) in [4.78, 5) is 11.6. The van der Waals surface area contributed by atoms with Crippen molar-refractivity contribution in [3.63, 3.8) is 0 Å². The van der Waals surface area contributed by atoms with Crippen LogP contribution in [0.5, 0.6) is 0 Å². The highest BCUT2D eigenvalue weighted by Crippen LogP contribution is 2.28. The second-order valence-electron chi connectivity index (χ2n) is 6.39. The van der Waals surface area contributed by atoms with Crippen molar-refractivity contribution in [3.05, 3.63) is 36.1 Å². The number of nitrogens with one attached hydrogen (secondary N) is 1. The second kappa shape index (κ2) is 4.26. The molecule has 2 aromatic heterocycles. The highest BCUT2D eigenvalue weighted by molar-refractivity contribution is 5.14. The molecule has 0 aliphatic rings. The predicted molar refractivity (Wildman–Crippen MR) is 70.5 cm³/mol. The molecular formula is C14H21N3O. The summed E-state index contributed by atoms with van der Waals surface area (Å²) in [5.41, 5.74) is 1.04. The van der Waals surface area contributed by atoms with Gasteiger partial charge in [0, 0.05) is 29.1 Å². The van der Waals surface area contributed by atoms with Crippen molar-refractivity contribution >= 4 is 0 Å². The van der Waals surface area contributed by atoms with Gasteiger partial charge in [0.2, 0.25) is 0 Å². The Morgan fingerprint density at radius 2 is 1.89 bits per heavy atom. The fraction of sp³-hybridized carbons (Fsp3) is 0.571. The number of oxazole rings is 1. The standard InChI is InChI=1S/C14H21N3O/c1-13(2,3)11-8-16-12(18-11)6-14(4,5)10-7-15-9-17-10/h7-9H,6H2,1-5H3,(H,15,17). The molecule has 1 N–H and O–H groups in total. The van der Waals surface area contributed by atoms with Gasteiger partial charge in [-0.05, 0) is 0 Å². The Balaban J connectivity index is 2.17. The third-order valence-electron chi connectivity index (χ3n) is 3.11. The molecule has 0 radical (unpaired) electrons. The first kappa shape index (κ1) is 12.9. The van der Waals surface area contributed by atoms with Gasteiger partial charge in [0.25, 0.3) is 0 Å². The summed E-state index contributed by atoms with van der Waals surface area (Å²) in [5, 5.41) is 0. The maximum absolute atomic E-state index is 5.84. The molecule has 0 unspecified atom stereocenters. The van der Waals surface area contributed by atoms with Crippen LogP contribution in [0, 0.1) is 0 Å². The van der Waals surface area contributed by atoms with Crippen LogP contribution in [-0.2, 0) is 17.3 Å². The van der Waals surface area contributed by atoms with E-state index in [1.54, 1.807) is 6.33 Å². The molecule has 0 aromatic carbocycles. The van der Waals surface area contributed by atoms with E-state index in [4.69, 9.17) is 4.42 Å². The van der Waals surface area contributed by atoms with Crippen molar-refractivity contribution in [2.75, 3.05) is 0 Å². The Morgan fingerprint density at radius 3 is 2.39 bits per heavy atom. The number of rotatable bonds is 3. The smallest absolute Gasteiger partial charge is 0.195 e. The lowest BCUT2D eigenvalue weighted by Crippen LogP contribution is -2.21. The van der Waals surface area contributed by atoms with Gasteiger partial charge in [-0.3, -0.25) is 0 Å². The van der Waals surface area contributed by atoms with E-state index in [2.05, 4.69) is 49.6 Å². The SMILES string of the molecule is CC(C)(C)c1cnc(CC(C)(C)c2cnc[nH]2)o1. The molecule has 0 amide bonds. The Labute approximate surface area is 108 Å². The van der Waals surface area contributed by atoms with Crippen LogP contribution in [0.25, 0.3) is 0 Å². The average molecular weight is 247 g/mol. The molecule has 98 valence electrons. The van der Waals surface area contributed by atoms with Crippen LogP contribution in [0.2, 0.25) is 0 Å². The molecule has 4 nitrogen and oxygen atoms in total. The summed E-state index contributed by atoms with van der Waals surface area (Å²) in [5.74, 6) is 1.71. The van der Waals surface area contributed by atoms with E-state index in [1.807, 2.05) is 12.4 Å². The summed E-state index contributed by atoms with van der Waals surface area (Å²) in [7, 11) is 0. The zero-order chi connectivity index (χ0) is 13.4. The van der Waals surface area contributed by atoms with Crippen molar-refractivity contribution in [1.29, 1.82) is 0 Å². The van der Waals surface area contributed by atoms with E-state index in [0.29, 0.717) is 0 Å². The average Bonchev–Trinajstić information content (AvgIpc) is 2.83. The van der Waals surface area contributed by atoms with Gasteiger partial charge in [-0.25, -0.2) is 9.97 Å². The lowest BCUT2D eigenvalue weighted by Gasteiger charge is -2.21. The third-order valence-corrected chi connectivity index (χ3v) is 3.11. The van der Waals surface area contributed by atoms with Gasteiger partial charge < -0.3 is 9.40 Å². The molecule has 18 heavy (non-hydrogen) atoms. The molecule has 0 saturated heterocycles. The minimum atomic E-state index is -0.0590. The van der Waals surface area contributed by atoms with Crippen LogP contribution < -0.4 is 0 Å². The molecule has 0 fully saturated rings. The molecule has 4 heteroatoms.